The Hall–Kier alpha value is -5.98. The van der Waals surface area contributed by atoms with Gasteiger partial charge in [-0.1, -0.05) is 164 Å². The average molecular weight is 609 g/mol. The molecule has 0 heterocycles. The highest BCUT2D eigenvalue weighted by atomic mass is 14.4. The fourth-order valence-corrected chi connectivity index (χ4v) is 8.47. The zero-order valence-corrected chi connectivity index (χ0v) is 26.5. The Morgan fingerprint density at radius 3 is 1.48 bits per heavy atom. The van der Waals surface area contributed by atoms with E-state index in [-0.39, 0.29) is 11.8 Å². The predicted octanol–water partition coefficient (Wildman–Crippen LogP) is 12.5. The van der Waals surface area contributed by atoms with Crippen LogP contribution in [0.15, 0.2) is 182 Å². The Bertz CT molecular complexity index is 2490. The molecule has 0 saturated carbocycles. The monoisotopic (exact) mass is 608 g/mol. The maximum atomic E-state index is 2.54. The largest absolute Gasteiger partial charge is 0.0622 e. The molecule has 0 saturated heterocycles. The molecule has 0 radical (unpaired) electrons. The Kier molecular flexibility index (Phi) is 6.11. The molecule has 8 aromatic carbocycles. The van der Waals surface area contributed by atoms with Gasteiger partial charge in [0.15, 0.2) is 0 Å². The van der Waals surface area contributed by atoms with Crippen molar-refractivity contribution in [3.8, 4) is 44.5 Å². The quantitative estimate of drug-likeness (QED) is 0.186. The van der Waals surface area contributed by atoms with Crippen LogP contribution in [0.2, 0.25) is 0 Å². The summed E-state index contributed by atoms with van der Waals surface area (Å²) in [6.45, 7) is 0. The molecule has 0 spiro atoms. The summed E-state index contributed by atoms with van der Waals surface area (Å²) < 4.78 is 0. The molecule has 0 amide bonds. The number of benzene rings is 8. The minimum absolute atomic E-state index is 0.187. The lowest BCUT2D eigenvalue weighted by Gasteiger charge is -2.19. The van der Waals surface area contributed by atoms with Crippen LogP contribution in [0.5, 0.6) is 0 Å². The van der Waals surface area contributed by atoms with Crippen molar-refractivity contribution in [3.63, 3.8) is 0 Å². The Morgan fingerprint density at radius 2 is 0.812 bits per heavy atom. The van der Waals surface area contributed by atoms with Crippen LogP contribution in [0.1, 0.15) is 45.2 Å². The molecule has 8 aromatic rings. The van der Waals surface area contributed by atoms with E-state index in [0.29, 0.717) is 0 Å². The molecule has 0 bridgehead atoms. The van der Waals surface area contributed by atoms with Gasteiger partial charge in [-0.25, -0.2) is 0 Å². The van der Waals surface area contributed by atoms with E-state index in [9.17, 15) is 0 Å². The smallest absolute Gasteiger partial charge is 0.0352 e. The molecule has 2 unspecified atom stereocenters. The van der Waals surface area contributed by atoms with E-state index < -0.39 is 0 Å². The van der Waals surface area contributed by atoms with Crippen molar-refractivity contribution in [2.75, 3.05) is 0 Å². The molecular formula is C48H32. The molecule has 2 aliphatic carbocycles. The van der Waals surface area contributed by atoms with Gasteiger partial charge >= 0.3 is 0 Å². The van der Waals surface area contributed by atoms with Gasteiger partial charge in [-0.15, -0.1) is 0 Å². The molecule has 224 valence electrons. The third-order valence-corrected chi connectivity index (χ3v) is 10.6. The highest BCUT2D eigenvalue weighted by Crippen LogP contribution is 2.55. The molecule has 0 aliphatic heterocycles. The fraction of sp³-hybridized carbons (Fsp3) is 0.0417. The Balaban J connectivity index is 1.10. The highest BCUT2D eigenvalue weighted by Gasteiger charge is 2.36. The van der Waals surface area contributed by atoms with Crippen LogP contribution in [0.4, 0.5) is 0 Å². The van der Waals surface area contributed by atoms with E-state index in [2.05, 4.69) is 182 Å². The minimum Gasteiger partial charge on any atom is -0.0622 e. The van der Waals surface area contributed by atoms with Crippen molar-refractivity contribution in [2.24, 2.45) is 0 Å². The van der Waals surface area contributed by atoms with E-state index >= 15 is 0 Å². The van der Waals surface area contributed by atoms with Gasteiger partial charge in [0.05, 0.1) is 0 Å². The third-order valence-electron chi connectivity index (χ3n) is 10.6. The van der Waals surface area contributed by atoms with Crippen molar-refractivity contribution in [1.29, 1.82) is 0 Å². The van der Waals surface area contributed by atoms with Gasteiger partial charge in [0, 0.05) is 11.8 Å². The SMILES string of the molecule is c1ccc(-c2cc(-c3ccc(C4c5ccccc5-c5cc6c(cc54)C(c4ccccc4)c4ccccc4-6)cc3)cc3ccccc23)cc1. The lowest BCUT2D eigenvalue weighted by atomic mass is 9.84. The average Bonchev–Trinajstić information content (AvgIpc) is 3.66. The zero-order chi connectivity index (χ0) is 31.6. The molecule has 10 rings (SSSR count). The molecular weight excluding hydrogens is 577 g/mol. The van der Waals surface area contributed by atoms with E-state index in [1.54, 1.807) is 0 Å². The summed E-state index contributed by atoms with van der Waals surface area (Å²) in [7, 11) is 0. The van der Waals surface area contributed by atoms with Crippen molar-refractivity contribution in [1.82, 2.24) is 0 Å². The summed E-state index contributed by atoms with van der Waals surface area (Å²) in [6.07, 6.45) is 0. The van der Waals surface area contributed by atoms with Gasteiger partial charge in [-0.2, -0.15) is 0 Å². The minimum atomic E-state index is 0.187. The lowest BCUT2D eigenvalue weighted by molar-refractivity contribution is 0.982. The molecule has 0 fully saturated rings. The normalized spacial score (nSPS) is 15.5. The fourth-order valence-electron chi connectivity index (χ4n) is 8.47. The molecule has 2 aliphatic rings. The van der Waals surface area contributed by atoms with Gasteiger partial charge in [-0.05, 0) is 107 Å². The molecule has 0 nitrogen and oxygen atoms in total. The van der Waals surface area contributed by atoms with Crippen LogP contribution in [0, 0.1) is 0 Å². The van der Waals surface area contributed by atoms with Crippen LogP contribution in [0.25, 0.3) is 55.3 Å². The van der Waals surface area contributed by atoms with Crippen molar-refractivity contribution in [3.05, 3.63) is 215 Å². The molecule has 2 atom stereocenters. The maximum absolute atomic E-state index is 2.54. The summed E-state index contributed by atoms with van der Waals surface area (Å²) >= 11 is 0. The van der Waals surface area contributed by atoms with Crippen LogP contribution < -0.4 is 0 Å². The molecule has 0 heteroatoms. The topological polar surface area (TPSA) is 0 Å². The van der Waals surface area contributed by atoms with Gasteiger partial charge in [0.25, 0.3) is 0 Å². The summed E-state index contributed by atoms with van der Waals surface area (Å²) in [5, 5.41) is 2.55. The van der Waals surface area contributed by atoms with Crippen molar-refractivity contribution in [2.45, 2.75) is 11.8 Å². The van der Waals surface area contributed by atoms with Crippen LogP contribution in [-0.4, -0.2) is 0 Å². The zero-order valence-electron chi connectivity index (χ0n) is 26.5. The predicted molar refractivity (Wildman–Crippen MR) is 200 cm³/mol. The summed E-state index contributed by atoms with van der Waals surface area (Å²) in [5.74, 6) is 0.424. The van der Waals surface area contributed by atoms with Crippen molar-refractivity contribution < 1.29 is 0 Å². The third kappa shape index (κ3) is 4.16. The summed E-state index contributed by atoms with van der Waals surface area (Å²) in [5.41, 5.74) is 18.8. The standard InChI is InChI=1S/C48H32/c1-3-13-32(14-4-1)42-28-36(27-35-17-7-8-18-37(35)42)31-23-25-34(26-24-31)48-41-22-12-10-20-39(41)44-29-43-38-19-9-11-21-40(38)47(45(43)30-46(44)48)33-15-5-2-6-16-33/h1-30,47-48H. The first-order chi connectivity index (χ1) is 23.8. The van der Waals surface area contributed by atoms with Gasteiger partial charge in [0.2, 0.25) is 0 Å². The second-order valence-corrected chi connectivity index (χ2v) is 13.2. The number of hydrogen-bond acceptors (Lipinski definition) is 0. The Labute approximate surface area is 281 Å². The summed E-state index contributed by atoms with van der Waals surface area (Å²) in [4.78, 5) is 0. The van der Waals surface area contributed by atoms with E-state index in [1.807, 2.05) is 0 Å². The Morgan fingerprint density at radius 1 is 0.271 bits per heavy atom. The number of rotatable bonds is 4. The maximum Gasteiger partial charge on any atom is 0.0352 e. The van der Waals surface area contributed by atoms with Crippen LogP contribution >= 0.6 is 0 Å². The number of hydrogen-bond donors (Lipinski definition) is 0. The number of fused-ring (bicyclic) bond motifs is 7. The van der Waals surface area contributed by atoms with E-state index in [1.165, 1.54) is 88.7 Å². The first-order valence-corrected chi connectivity index (χ1v) is 16.9. The summed E-state index contributed by atoms with van der Waals surface area (Å²) in [6, 6.07) is 67.6. The second kappa shape index (κ2) is 10.8. The van der Waals surface area contributed by atoms with E-state index in [0.717, 1.165) is 0 Å². The van der Waals surface area contributed by atoms with Gasteiger partial charge in [-0.3, -0.25) is 0 Å². The van der Waals surface area contributed by atoms with Crippen LogP contribution in [-0.2, 0) is 0 Å². The van der Waals surface area contributed by atoms with E-state index in [4.69, 9.17) is 0 Å². The van der Waals surface area contributed by atoms with Crippen molar-refractivity contribution >= 4 is 10.8 Å². The van der Waals surface area contributed by atoms with Crippen LogP contribution in [0.3, 0.4) is 0 Å². The second-order valence-electron chi connectivity index (χ2n) is 13.2. The first kappa shape index (κ1) is 27.2. The lowest BCUT2D eigenvalue weighted by Crippen LogP contribution is -2.02. The van der Waals surface area contributed by atoms with Gasteiger partial charge < -0.3 is 0 Å². The highest BCUT2D eigenvalue weighted by molar-refractivity contribution is 6.00. The molecule has 48 heavy (non-hydrogen) atoms. The molecule has 0 N–H and O–H groups in total. The van der Waals surface area contributed by atoms with Gasteiger partial charge in [0.1, 0.15) is 0 Å². The molecule has 0 aromatic heterocycles. The first-order valence-electron chi connectivity index (χ1n) is 16.9.